The molecule has 128 valence electrons. The van der Waals surface area contributed by atoms with Gasteiger partial charge in [-0.05, 0) is 19.8 Å². The van der Waals surface area contributed by atoms with Gasteiger partial charge in [0, 0.05) is 5.57 Å². The molecule has 0 saturated heterocycles. The zero-order chi connectivity index (χ0) is 17.0. The lowest BCUT2D eigenvalue weighted by atomic mass is 10.1. The normalized spacial score (nSPS) is 12.7. The van der Waals surface area contributed by atoms with Crippen LogP contribution in [0.2, 0.25) is 0 Å². The Morgan fingerprint density at radius 1 is 1.18 bits per heavy atom. The van der Waals surface area contributed by atoms with Crippen LogP contribution in [-0.4, -0.2) is 34.8 Å². The van der Waals surface area contributed by atoms with Gasteiger partial charge in [-0.3, -0.25) is 4.52 Å². The van der Waals surface area contributed by atoms with Gasteiger partial charge >= 0.3 is 13.8 Å². The number of esters is 1. The lowest BCUT2D eigenvalue weighted by Gasteiger charge is -2.12. The molecule has 0 aliphatic heterocycles. The Kier molecular flexibility index (Phi) is 11.0. The monoisotopic (exact) mass is 336 g/mol. The first-order valence-corrected chi connectivity index (χ1v) is 8.81. The van der Waals surface area contributed by atoms with E-state index in [1.165, 1.54) is 0 Å². The first-order valence-electron chi connectivity index (χ1n) is 7.28. The van der Waals surface area contributed by atoms with Crippen LogP contribution in [0.1, 0.15) is 51.9 Å². The van der Waals surface area contributed by atoms with Gasteiger partial charge < -0.3 is 19.3 Å². The first kappa shape index (κ1) is 21.0. The minimum atomic E-state index is -4.61. The summed E-state index contributed by atoms with van der Waals surface area (Å²) in [6.45, 7) is 5.47. The van der Waals surface area contributed by atoms with E-state index in [4.69, 9.17) is 14.5 Å². The van der Waals surface area contributed by atoms with Gasteiger partial charge in [-0.25, -0.2) is 9.36 Å². The van der Waals surface area contributed by atoms with Crippen molar-refractivity contribution in [2.75, 3.05) is 6.61 Å². The number of carbonyl (C=O) groups excluding carboxylic acids is 2. The molecule has 0 aromatic rings. The van der Waals surface area contributed by atoms with Crippen molar-refractivity contribution in [2.45, 2.75) is 58.0 Å². The number of unbranched alkanes of at least 4 members (excludes halogenated alkanes) is 5. The van der Waals surface area contributed by atoms with Crippen molar-refractivity contribution in [3.05, 3.63) is 12.2 Å². The van der Waals surface area contributed by atoms with E-state index in [1.807, 2.05) is 0 Å². The van der Waals surface area contributed by atoms with Crippen molar-refractivity contribution in [3.63, 3.8) is 0 Å². The molecule has 0 aromatic heterocycles. The molecule has 0 fully saturated rings. The van der Waals surface area contributed by atoms with Gasteiger partial charge in [0.15, 0.2) is 0 Å². The third-order valence-corrected chi connectivity index (χ3v) is 3.43. The quantitative estimate of drug-likeness (QED) is 0.175. The molecule has 8 heteroatoms. The van der Waals surface area contributed by atoms with Crippen LogP contribution in [-0.2, 0) is 23.4 Å². The third kappa shape index (κ3) is 12.7. The van der Waals surface area contributed by atoms with E-state index >= 15 is 0 Å². The van der Waals surface area contributed by atoms with Crippen molar-refractivity contribution in [3.8, 4) is 0 Å². The Bertz CT molecular complexity index is 402. The molecule has 0 aliphatic rings. The van der Waals surface area contributed by atoms with E-state index in [9.17, 15) is 14.2 Å². The second kappa shape index (κ2) is 11.5. The number of ether oxygens (including phenoxy) is 1. The molecule has 0 rings (SSSR count). The summed E-state index contributed by atoms with van der Waals surface area (Å²) in [4.78, 5) is 38.9. The summed E-state index contributed by atoms with van der Waals surface area (Å²) in [5.74, 6) is -0.370. The van der Waals surface area contributed by atoms with E-state index < -0.39 is 13.9 Å². The SMILES string of the molecule is C=C(C)C(=O)OCCCCCCCCC(C=O)OP(=O)(O)O. The van der Waals surface area contributed by atoms with Crippen LogP contribution >= 0.6 is 7.82 Å². The lowest BCUT2D eigenvalue weighted by molar-refractivity contribution is -0.139. The van der Waals surface area contributed by atoms with Crippen LogP contribution < -0.4 is 0 Å². The Balaban J connectivity index is 3.50. The Morgan fingerprint density at radius 2 is 1.73 bits per heavy atom. The fraction of sp³-hybridized carbons (Fsp3) is 0.714. The molecule has 0 radical (unpaired) electrons. The van der Waals surface area contributed by atoms with Crippen LogP contribution in [0.25, 0.3) is 0 Å². The number of carbonyl (C=O) groups is 2. The first-order chi connectivity index (χ1) is 10.3. The maximum atomic E-state index is 11.1. The minimum Gasteiger partial charge on any atom is -0.462 e. The lowest BCUT2D eigenvalue weighted by Crippen LogP contribution is -2.12. The summed E-state index contributed by atoms with van der Waals surface area (Å²) in [6.07, 6.45) is 4.79. The molecule has 1 atom stereocenters. The van der Waals surface area contributed by atoms with Gasteiger partial charge in [-0.2, -0.15) is 0 Å². The molecular weight excluding hydrogens is 311 g/mol. The number of phosphoric ester groups is 1. The number of rotatable bonds is 13. The third-order valence-electron chi connectivity index (χ3n) is 2.89. The summed E-state index contributed by atoms with van der Waals surface area (Å²) >= 11 is 0. The van der Waals surface area contributed by atoms with Gasteiger partial charge in [-0.1, -0.05) is 38.7 Å². The highest BCUT2D eigenvalue weighted by molar-refractivity contribution is 7.46. The zero-order valence-corrected chi connectivity index (χ0v) is 13.8. The molecule has 2 N–H and O–H groups in total. The molecule has 0 aliphatic carbocycles. The van der Waals surface area contributed by atoms with Crippen molar-refractivity contribution in [1.82, 2.24) is 0 Å². The van der Waals surface area contributed by atoms with Gasteiger partial charge in [0.2, 0.25) is 0 Å². The van der Waals surface area contributed by atoms with Crippen molar-refractivity contribution >= 4 is 20.1 Å². The van der Waals surface area contributed by atoms with E-state index in [2.05, 4.69) is 11.1 Å². The highest BCUT2D eigenvalue weighted by Gasteiger charge is 2.21. The number of hydrogen-bond donors (Lipinski definition) is 2. The van der Waals surface area contributed by atoms with Crippen LogP contribution in [0.3, 0.4) is 0 Å². The number of aldehydes is 1. The van der Waals surface area contributed by atoms with Gasteiger partial charge in [0.05, 0.1) is 6.61 Å². The van der Waals surface area contributed by atoms with Crippen molar-refractivity contribution in [2.24, 2.45) is 0 Å². The molecule has 7 nitrogen and oxygen atoms in total. The average Bonchev–Trinajstić information content (AvgIpc) is 2.42. The van der Waals surface area contributed by atoms with E-state index in [-0.39, 0.29) is 5.97 Å². The second-order valence-electron chi connectivity index (χ2n) is 5.10. The summed E-state index contributed by atoms with van der Waals surface area (Å²) in [5, 5.41) is 0. The van der Waals surface area contributed by atoms with Gasteiger partial charge in [-0.15, -0.1) is 0 Å². The fourth-order valence-electron chi connectivity index (χ4n) is 1.76. The Labute approximate surface area is 130 Å². The smallest absolute Gasteiger partial charge is 0.462 e. The molecule has 0 aromatic carbocycles. The van der Waals surface area contributed by atoms with Crippen LogP contribution in [0.15, 0.2) is 12.2 Å². The molecule has 0 heterocycles. The standard InChI is InChI=1S/C14H25O7P/c1-12(2)14(16)20-10-8-6-4-3-5-7-9-13(11-15)21-22(17,18)19/h11,13H,1,3-10H2,2H3,(H2,17,18,19). The van der Waals surface area contributed by atoms with Gasteiger partial charge in [0.25, 0.3) is 0 Å². The minimum absolute atomic E-state index is 0.296. The molecule has 0 bridgehead atoms. The highest BCUT2D eigenvalue weighted by Crippen LogP contribution is 2.38. The van der Waals surface area contributed by atoms with E-state index in [1.54, 1.807) is 6.92 Å². The summed E-state index contributed by atoms with van der Waals surface area (Å²) in [5.41, 5.74) is 0.391. The molecule has 0 amide bonds. The molecule has 0 saturated carbocycles. The molecule has 0 spiro atoms. The Morgan fingerprint density at radius 3 is 2.23 bits per heavy atom. The molecular formula is C14H25O7P. The maximum Gasteiger partial charge on any atom is 0.470 e. The predicted molar refractivity (Wildman–Crippen MR) is 81.1 cm³/mol. The van der Waals surface area contributed by atoms with Crippen LogP contribution in [0.5, 0.6) is 0 Å². The van der Waals surface area contributed by atoms with E-state index in [0.717, 1.165) is 32.1 Å². The number of hydrogen-bond acceptors (Lipinski definition) is 5. The predicted octanol–water partition coefficient (Wildman–Crippen LogP) is 2.51. The fourth-order valence-corrected chi connectivity index (χ4v) is 2.27. The van der Waals surface area contributed by atoms with Crippen LogP contribution in [0, 0.1) is 0 Å². The summed E-state index contributed by atoms with van der Waals surface area (Å²) in [6, 6.07) is 0. The molecule has 1 unspecified atom stereocenters. The largest absolute Gasteiger partial charge is 0.470 e. The Hall–Kier alpha value is -1.01. The van der Waals surface area contributed by atoms with Crippen molar-refractivity contribution < 1.29 is 33.2 Å². The topological polar surface area (TPSA) is 110 Å². The van der Waals surface area contributed by atoms with Crippen molar-refractivity contribution in [1.29, 1.82) is 0 Å². The van der Waals surface area contributed by atoms with Gasteiger partial charge in [0.1, 0.15) is 12.4 Å². The highest BCUT2D eigenvalue weighted by atomic mass is 31.2. The maximum absolute atomic E-state index is 11.1. The second-order valence-corrected chi connectivity index (χ2v) is 6.29. The summed E-state index contributed by atoms with van der Waals surface area (Å²) in [7, 11) is -4.61. The van der Waals surface area contributed by atoms with Crippen LogP contribution in [0.4, 0.5) is 0 Å². The van der Waals surface area contributed by atoms with E-state index in [0.29, 0.717) is 31.3 Å². The summed E-state index contributed by atoms with van der Waals surface area (Å²) < 4.78 is 19.9. The number of phosphoric acid groups is 1. The molecule has 22 heavy (non-hydrogen) atoms. The average molecular weight is 336 g/mol. The zero-order valence-electron chi connectivity index (χ0n) is 12.9.